The number of nitrogens with one attached hydrogen (secondary N) is 1. The molecule has 0 amide bonds. The Balaban J connectivity index is 2.82. The lowest BCUT2D eigenvalue weighted by Crippen LogP contribution is -2.18. The number of halogens is 4. The zero-order chi connectivity index (χ0) is 14.3. The second kappa shape index (κ2) is 7.80. The molecule has 0 atom stereocenters. The van der Waals surface area contributed by atoms with Gasteiger partial charge in [0.25, 0.3) is 0 Å². The molecule has 1 aromatic carbocycles. The summed E-state index contributed by atoms with van der Waals surface area (Å²) < 4.78 is 56.8. The fourth-order valence-corrected chi connectivity index (χ4v) is 1.36. The molecule has 8 heteroatoms. The van der Waals surface area contributed by atoms with E-state index >= 15 is 0 Å². The number of benzene rings is 1. The van der Waals surface area contributed by atoms with Crippen molar-refractivity contribution < 1.29 is 32.1 Å². The van der Waals surface area contributed by atoms with Crippen LogP contribution in [0.4, 0.5) is 17.6 Å². The van der Waals surface area contributed by atoms with Crippen molar-refractivity contribution in [2.24, 2.45) is 0 Å². The third-order valence-electron chi connectivity index (χ3n) is 2.08. The quantitative estimate of drug-likeness (QED) is 0.566. The third kappa shape index (κ3) is 5.75. The number of ether oxygens (including phenoxy) is 2. The molecular formula is C11H13F4NO3. The Morgan fingerprint density at radius 1 is 1.11 bits per heavy atom. The molecule has 4 nitrogen and oxygen atoms in total. The molecule has 0 aromatic heterocycles. The molecule has 0 saturated carbocycles. The summed E-state index contributed by atoms with van der Waals surface area (Å²) in [5.74, 6) is -0.518. The van der Waals surface area contributed by atoms with E-state index in [0.717, 1.165) is 6.07 Å². The van der Waals surface area contributed by atoms with E-state index in [4.69, 9.17) is 5.11 Å². The minimum absolute atomic E-state index is 0.113. The van der Waals surface area contributed by atoms with E-state index < -0.39 is 13.2 Å². The van der Waals surface area contributed by atoms with Crippen LogP contribution < -0.4 is 14.8 Å². The van der Waals surface area contributed by atoms with Gasteiger partial charge in [0.05, 0.1) is 6.61 Å². The molecule has 0 fully saturated rings. The van der Waals surface area contributed by atoms with Crippen molar-refractivity contribution >= 4 is 0 Å². The summed E-state index contributed by atoms with van der Waals surface area (Å²) in [6, 6.07) is 3.52. The van der Waals surface area contributed by atoms with Gasteiger partial charge < -0.3 is 19.9 Å². The summed E-state index contributed by atoms with van der Waals surface area (Å²) in [5.41, 5.74) is 0.343. The summed E-state index contributed by atoms with van der Waals surface area (Å²) in [7, 11) is 0. The molecule has 0 aliphatic rings. The van der Waals surface area contributed by atoms with Gasteiger partial charge in [-0.3, -0.25) is 0 Å². The minimum Gasteiger partial charge on any atom is -0.435 e. The van der Waals surface area contributed by atoms with Gasteiger partial charge in [0.2, 0.25) is 0 Å². The van der Waals surface area contributed by atoms with Crippen LogP contribution in [0.1, 0.15) is 5.56 Å². The second-order valence-corrected chi connectivity index (χ2v) is 3.43. The average Bonchev–Trinajstić information content (AvgIpc) is 2.30. The maximum Gasteiger partial charge on any atom is 0.387 e. The van der Waals surface area contributed by atoms with Crippen LogP contribution in [0.2, 0.25) is 0 Å². The van der Waals surface area contributed by atoms with Crippen LogP contribution in [0, 0.1) is 0 Å². The van der Waals surface area contributed by atoms with Crippen LogP contribution in [-0.4, -0.2) is 31.5 Å². The van der Waals surface area contributed by atoms with Crippen LogP contribution in [-0.2, 0) is 6.54 Å². The first kappa shape index (κ1) is 15.5. The fraction of sp³-hybridized carbons (Fsp3) is 0.455. The topological polar surface area (TPSA) is 50.7 Å². The fourth-order valence-electron chi connectivity index (χ4n) is 1.36. The highest BCUT2D eigenvalue weighted by Gasteiger charge is 2.13. The van der Waals surface area contributed by atoms with Gasteiger partial charge in [-0.25, -0.2) is 0 Å². The Hall–Kier alpha value is -1.54. The van der Waals surface area contributed by atoms with Gasteiger partial charge in [-0.1, -0.05) is 6.07 Å². The summed E-state index contributed by atoms with van der Waals surface area (Å²) in [5, 5.41) is 11.3. The predicted molar refractivity (Wildman–Crippen MR) is 58.5 cm³/mol. The number of hydrogen-bond acceptors (Lipinski definition) is 4. The Morgan fingerprint density at radius 2 is 1.79 bits per heavy atom. The van der Waals surface area contributed by atoms with Crippen LogP contribution in [0.15, 0.2) is 18.2 Å². The van der Waals surface area contributed by atoms with Crippen LogP contribution >= 0.6 is 0 Å². The molecule has 108 valence electrons. The van der Waals surface area contributed by atoms with E-state index in [1.165, 1.54) is 12.1 Å². The highest BCUT2D eigenvalue weighted by molar-refractivity contribution is 5.40. The lowest BCUT2D eigenvalue weighted by molar-refractivity contribution is -0.0547. The molecule has 0 heterocycles. The van der Waals surface area contributed by atoms with Crippen LogP contribution in [0.5, 0.6) is 11.5 Å². The van der Waals surface area contributed by atoms with Crippen molar-refractivity contribution in [2.75, 3.05) is 13.2 Å². The van der Waals surface area contributed by atoms with Crippen molar-refractivity contribution in [3.05, 3.63) is 23.8 Å². The largest absolute Gasteiger partial charge is 0.435 e. The molecule has 0 unspecified atom stereocenters. The zero-order valence-electron chi connectivity index (χ0n) is 9.78. The van der Waals surface area contributed by atoms with Crippen LogP contribution in [0.25, 0.3) is 0 Å². The van der Waals surface area contributed by atoms with Gasteiger partial charge in [0, 0.05) is 24.7 Å². The molecule has 0 radical (unpaired) electrons. The maximum atomic E-state index is 12.2. The van der Waals surface area contributed by atoms with Gasteiger partial charge in [-0.2, -0.15) is 17.6 Å². The number of hydrogen-bond donors (Lipinski definition) is 2. The lowest BCUT2D eigenvalue weighted by atomic mass is 10.2. The molecule has 0 aliphatic heterocycles. The van der Waals surface area contributed by atoms with Gasteiger partial charge in [-0.05, 0) is 6.07 Å². The normalized spacial score (nSPS) is 11.1. The molecule has 0 saturated heterocycles. The highest BCUT2D eigenvalue weighted by atomic mass is 19.3. The molecule has 1 aromatic rings. The van der Waals surface area contributed by atoms with Gasteiger partial charge in [0.1, 0.15) is 11.5 Å². The Labute approximate surface area is 106 Å². The van der Waals surface area contributed by atoms with E-state index in [1.54, 1.807) is 0 Å². The van der Waals surface area contributed by atoms with Crippen molar-refractivity contribution in [1.82, 2.24) is 5.32 Å². The predicted octanol–water partition coefficient (Wildman–Crippen LogP) is 1.97. The zero-order valence-corrected chi connectivity index (χ0v) is 9.78. The average molecular weight is 283 g/mol. The molecule has 0 aliphatic carbocycles. The Morgan fingerprint density at radius 3 is 2.37 bits per heavy atom. The lowest BCUT2D eigenvalue weighted by Gasteiger charge is -2.13. The SMILES string of the molecule is OCCNCc1ccc(OC(F)F)cc1OC(F)F. The number of alkyl halides is 4. The molecular weight excluding hydrogens is 270 g/mol. The summed E-state index contributed by atoms with van der Waals surface area (Å²) in [6.07, 6.45) is 0. The molecule has 0 bridgehead atoms. The Kier molecular flexibility index (Phi) is 6.37. The third-order valence-corrected chi connectivity index (χ3v) is 2.08. The van der Waals surface area contributed by atoms with Gasteiger partial charge in [0.15, 0.2) is 0 Å². The minimum atomic E-state index is -3.07. The summed E-state index contributed by atoms with van der Waals surface area (Å²) in [4.78, 5) is 0. The summed E-state index contributed by atoms with van der Waals surface area (Å²) in [6.45, 7) is -5.81. The monoisotopic (exact) mass is 283 g/mol. The van der Waals surface area contributed by atoms with E-state index in [-0.39, 0.29) is 31.2 Å². The van der Waals surface area contributed by atoms with Crippen molar-refractivity contribution in [3.63, 3.8) is 0 Å². The highest BCUT2D eigenvalue weighted by Crippen LogP contribution is 2.27. The Bertz CT molecular complexity index is 390. The smallest absolute Gasteiger partial charge is 0.387 e. The van der Waals surface area contributed by atoms with Gasteiger partial charge >= 0.3 is 13.2 Å². The number of aliphatic hydroxyl groups is 1. The summed E-state index contributed by atoms with van der Waals surface area (Å²) >= 11 is 0. The number of rotatable bonds is 8. The standard InChI is InChI=1S/C11H13F4NO3/c12-10(13)18-8-2-1-7(6-16-3-4-17)9(5-8)19-11(14)15/h1-2,5,10-11,16-17H,3-4,6H2. The molecule has 0 spiro atoms. The first-order valence-electron chi connectivity index (χ1n) is 5.37. The van der Waals surface area contributed by atoms with E-state index in [1.807, 2.05) is 0 Å². The first-order valence-corrected chi connectivity index (χ1v) is 5.37. The van der Waals surface area contributed by atoms with Crippen molar-refractivity contribution in [1.29, 1.82) is 0 Å². The maximum absolute atomic E-state index is 12.2. The second-order valence-electron chi connectivity index (χ2n) is 3.43. The first-order chi connectivity index (χ1) is 9.02. The molecule has 19 heavy (non-hydrogen) atoms. The van der Waals surface area contributed by atoms with E-state index in [9.17, 15) is 17.6 Å². The molecule has 2 N–H and O–H groups in total. The van der Waals surface area contributed by atoms with E-state index in [2.05, 4.69) is 14.8 Å². The van der Waals surface area contributed by atoms with E-state index in [0.29, 0.717) is 5.56 Å². The van der Waals surface area contributed by atoms with Crippen LogP contribution in [0.3, 0.4) is 0 Å². The van der Waals surface area contributed by atoms with Crippen molar-refractivity contribution in [3.8, 4) is 11.5 Å². The van der Waals surface area contributed by atoms with Gasteiger partial charge in [-0.15, -0.1) is 0 Å². The number of aliphatic hydroxyl groups excluding tert-OH is 1. The van der Waals surface area contributed by atoms with Crippen molar-refractivity contribution in [2.45, 2.75) is 19.8 Å². The molecule has 1 rings (SSSR count).